The first kappa shape index (κ1) is 24.5. The summed E-state index contributed by atoms with van der Waals surface area (Å²) in [6, 6.07) is 10.1. The van der Waals surface area contributed by atoms with Crippen molar-refractivity contribution in [3.8, 4) is 17.2 Å². The average molecular weight is 537 g/mol. The molecule has 1 heterocycles. The number of aromatic hydroxyl groups is 3. The lowest BCUT2D eigenvalue weighted by molar-refractivity contribution is 0.0883. The van der Waals surface area contributed by atoms with Gasteiger partial charge in [-0.3, -0.25) is 14.4 Å². The van der Waals surface area contributed by atoms with Gasteiger partial charge in [-0.15, -0.1) is 0 Å². The van der Waals surface area contributed by atoms with Crippen molar-refractivity contribution in [3.05, 3.63) is 98.6 Å². The molecule has 2 atom stereocenters. The monoisotopic (exact) mass is 536 g/mol. The highest BCUT2D eigenvalue weighted by molar-refractivity contribution is 6.24. The number of carbonyl (C=O) groups excluding carboxylic acids is 3. The second-order valence-electron chi connectivity index (χ2n) is 10.6. The molecule has 3 aromatic carbocycles. The Hall–Kier alpha value is -4.53. The minimum absolute atomic E-state index is 0.00200. The van der Waals surface area contributed by atoms with Crippen LogP contribution in [-0.2, 0) is 23.4 Å². The molecule has 0 radical (unpaired) electrons. The fourth-order valence-corrected chi connectivity index (χ4v) is 7.60. The average Bonchev–Trinajstić information content (AvgIpc) is 3.50. The minimum Gasteiger partial charge on any atom is -0.507 e. The number of aliphatic hydroxyl groups is 1. The fraction of sp³-hybridized carbons (Fsp3) is 0.219. The smallest absolute Gasteiger partial charge is 0.190 e. The lowest BCUT2D eigenvalue weighted by atomic mass is 9.56. The Labute approximate surface area is 228 Å². The van der Waals surface area contributed by atoms with Gasteiger partial charge in [-0.25, -0.2) is 0 Å². The first-order chi connectivity index (χ1) is 19.3. The number of Topliss-reactive ketones (excluding diaryl/α,β-unsaturated/α-hetero) is 2. The third kappa shape index (κ3) is 2.74. The summed E-state index contributed by atoms with van der Waals surface area (Å²) in [5.41, 5.74) is 4.54. The second-order valence-corrected chi connectivity index (χ2v) is 10.6. The Morgan fingerprint density at radius 3 is 2.27 bits per heavy atom. The van der Waals surface area contributed by atoms with E-state index in [0.717, 1.165) is 12.7 Å². The van der Waals surface area contributed by atoms with E-state index in [9.17, 15) is 29.7 Å². The van der Waals surface area contributed by atoms with Gasteiger partial charge >= 0.3 is 0 Å². The van der Waals surface area contributed by atoms with E-state index >= 15 is 0 Å². The molecule has 4 aliphatic carbocycles. The first-order valence-corrected chi connectivity index (χ1v) is 13.0. The van der Waals surface area contributed by atoms with Crippen LogP contribution >= 0.6 is 0 Å². The third-order valence-corrected chi connectivity index (χ3v) is 8.96. The molecule has 0 bridgehead atoms. The molecule has 1 spiro atoms. The molecule has 0 aromatic heterocycles. The molecule has 4 N–H and O–H groups in total. The van der Waals surface area contributed by atoms with Crippen LogP contribution in [0.3, 0.4) is 0 Å². The molecule has 0 saturated heterocycles. The molecule has 8 rings (SSSR count). The van der Waals surface area contributed by atoms with Crippen molar-refractivity contribution in [2.24, 2.45) is 5.92 Å². The zero-order valence-electron chi connectivity index (χ0n) is 21.4. The number of phenolic OH excluding ortho intramolecular Hbond substituents is 3. The summed E-state index contributed by atoms with van der Waals surface area (Å²) in [4.78, 5) is 40.4. The van der Waals surface area contributed by atoms with E-state index in [-0.39, 0.29) is 77.3 Å². The second kappa shape index (κ2) is 8.24. The molecule has 3 aromatic rings. The van der Waals surface area contributed by atoms with Gasteiger partial charge in [-0.2, -0.15) is 0 Å². The summed E-state index contributed by atoms with van der Waals surface area (Å²) < 4.78 is 5.60. The summed E-state index contributed by atoms with van der Waals surface area (Å²) in [6.07, 6.45) is 3.08. The lowest BCUT2D eigenvalue weighted by Crippen LogP contribution is -2.42. The van der Waals surface area contributed by atoms with Crippen LogP contribution < -0.4 is 0 Å². The van der Waals surface area contributed by atoms with Gasteiger partial charge in [0.05, 0.1) is 35.3 Å². The SMILES string of the molecule is CO.O=C1C[C@H]2CC(=O)c3c(cc4c(c3O)COC4)C3=C4C=CC(=O)c5c(O)ccc(c54)[C@@]32c2cccc(O)c21. The van der Waals surface area contributed by atoms with Gasteiger partial charge in [0.25, 0.3) is 0 Å². The van der Waals surface area contributed by atoms with Gasteiger partial charge in [-0.1, -0.05) is 24.3 Å². The van der Waals surface area contributed by atoms with Crippen LogP contribution in [0, 0.1) is 5.92 Å². The van der Waals surface area contributed by atoms with E-state index in [2.05, 4.69) is 0 Å². The Balaban J connectivity index is 0.00000130. The van der Waals surface area contributed by atoms with E-state index in [1.807, 2.05) is 6.07 Å². The molecule has 200 valence electrons. The molecule has 40 heavy (non-hydrogen) atoms. The zero-order valence-corrected chi connectivity index (χ0v) is 21.4. The Morgan fingerprint density at radius 2 is 1.50 bits per heavy atom. The normalized spacial score (nSPS) is 22.9. The fourth-order valence-electron chi connectivity index (χ4n) is 7.60. The summed E-state index contributed by atoms with van der Waals surface area (Å²) in [5, 5.41) is 40.0. The van der Waals surface area contributed by atoms with Gasteiger partial charge in [0, 0.05) is 31.1 Å². The highest BCUT2D eigenvalue weighted by atomic mass is 16.5. The van der Waals surface area contributed by atoms with Gasteiger partial charge < -0.3 is 25.2 Å². The summed E-state index contributed by atoms with van der Waals surface area (Å²) in [6.45, 7) is 0.483. The molecule has 8 nitrogen and oxygen atoms in total. The number of hydrogen-bond donors (Lipinski definition) is 4. The number of hydrogen-bond acceptors (Lipinski definition) is 8. The molecule has 0 unspecified atom stereocenters. The van der Waals surface area contributed by atoms with Crippen molar-refractivity contribution in [1.29, 1.82) is 0 Å². The van der Waals surface area contributed by atoms with Crippen molar-refractivity contribution >= 4 is 28.5 Å². The van der Waals surface area contributed by atoms with Crippen LogP contribution in [0.25, 0.3) is 11.1 Å². The lowest BCUT2D eigenvalue weighted by Gasteiger charge is -2.44. The van der Waals surface area contributed by atoms with E-state index in [0.29, 0.717) is 39.0 Å². The number of ketones is 3. The molecule has 0 amide bonds. The van der Waals surface area contributed by atoms with Gasteiger partial charge in [0.15, 0.2) is 17.3 Å². The number of rotatable bonds is 0. The largest absolute Gasteiger partial charge is 0.507 e. The van der Waals surface area contributed by atoms with E-state index < -0.39 is 11.3 Å². The van der Waals surface area contributed by atoms with Crippen LogP contribution in [0.1, 0.15) is 77.3 Å². The molecular formula is C32H24O8. The molecule has 1 aliphatic heterocycles. The molecular weight excluding hydrogens is 512 g/mol. The van der Waals surface area contributed by atoms with Crippen molar-refractivity contribution in [2.75, 3.05) is 7.11 Å². The predicted octanol–water partition coefficient (Wildman–Crippen LogP) is 4.19. The van der Waals surface area contributed by atoms with Crippen LogP contribution in [0.4, 0.5) is 0 Å². The van der Waals surface area contributed by atoms with E-state index in [1.165, 1.54) is 18.2 Å². The maximum Gasteiger partial charge on any atom is 0.190 e. The standard InChI is InChI=1S/C31H20O7.CH4O/c32-20-3-1-2-18-27(20)24(36)10-14-9-23(35)26-16(8-13-11-38-12-17(13)30(26)37)29-15-4-6-21(33)28-22(34)7-5-19(25(15)28)31(14,18)29;1-2/h1-8,14,32,34,37H,9-12H2;2H,1H3/t14-,31-;/m1./s1. The molecule has 0 saturated carbocycles. The van der Waals surface area contributed by atoms with Crippen molar-refractivity contribution in [3.63, 3.8) is 0 Å². The van der Waals surface area contributed by atoms with Crippen molar-refractivity contribution in [2.45, 2.75) is 31.5 Å². The first-order valence-electron chi connectivity index (χ1n) is 13.0. The number of fused-ring (bicyclic) bond motifs is 4. The van der Waals surface area contributed by atoms with Gasteiger partial charge in [0.1, 0.15) is 17.2 Å². The van der Waals surface area contributed by atoms with Gasteiger partial charge in [-0.05, 0) is 63.6 Å². The number of benzene rings is 3. The topological polar surface area (TPSA) is 141 Å². The number of carbonyl (C=O) groups is 3. The summed E-state index contributed by atoms with van der Waals surface area (Å²) in [7, 11) is 1.00. The van der Waals surface area contributed by atoms with Crippen LogP contribution in [0.2, 0.25) is 0 Å². The maximum atomic E-state index is 13.9. The number of allylic oxidation sites excluding steroid dienone is 4. The number of phenols is 3. The van der Waals surface area contributed by atoms with Crippen LogP contribution in [-0.4, -0.2) is 44.9 Å². The number of ether oxygens (including phenoxy) is 1. The highest BCUT2D eigenvalue weighted by Crippen LogP contribution is 2.66. The number of aliphatic hydroxyl groups excluding tert-OH is 1. The summed E-state index contributed by atoms with van der Waals surface area (Å²) >= 11 is 0. The Kier molecular flexibility index (Phi) is 5.05. The molecule has 0 fully saturated rings. The third-order valence-electron chi connectivity index (χ3n) is 8.96. The van der Waals surface area contributed by atoms with Crippen molar-refractivity contribution in [1.82, 2.24) is 0 Å². The predicted molar refractivity (Wildman–Crippen MR) is 143 cm³/mol. The summed E-state index contributed by atoms with van der Waals surface area (Å²) in [5.74, 6) is -1.81. The van der Waals surface area contributed by atoms with E-state index in [4.69, 9.17) is 9.84 Å². The van der Waals surface area contributed by atoms with Gasteiger partial charge in [0.2, 0.25) is 0 Å². The molecule has 8 heteroatoms. The van der Waals surface area contributed by atoms with Crippen LogP contribution in [0.5, 0.6) is 17.2 Å². The van der Waals surface area contributed by atoms with Crippen molar-refractivity contribution < 1.29 is 39.5 Å². The quantitative estimate of drug-likeness (QED) is 0.335. The Morgan fingerprint density at radius 1 is 0.800 bits per heavy atom. The highest BCUT2D eigenvalue weighted by Gasteiger charge is 2.59. The Bertz CT molecular complexity index is 1790. The van der Waals surface area contributed by atoms with E-state index in [1.54, 1.807) is 24.3 Å². The minimum atomic E-state index is -1.08. The maximum absolute atomic E-state index is 13.9. The van der Waals surface area contributed by atoms with Crippen LogP contribution in [0.15, 0.2) is 48.6 Å². The zero-order chi connectivity index (χ0) is 28.1. The molecule has 5 aliphatic rings.